The van der Waals surface area contributed by atoms with Gasteiger partial charge in [-0.1, -0.05) is 38.1 Å². The van der Waals surface area contributed by atoms with E-state index in [1.165, 1.54) is 16.9 Å². The summed E-state index contributed by atoms with van der Waals surface area (Å²) in [5, 5.41) is 0. The molecule has 0 aliphatic carbocycles. The first-order valence-electron chi connectivity index (χ1n) is 8.79. The zero-order valence-electron chi connectivity index (χ0n) is 15.2. The van der Waals surface area contributed by atoms with E-state index in [0.29, 0.717) is 28.9 Å². The minimum absolute atomic E-state index is 0.194. The van der Waals surface area contributed by atoms with Gasteiger partial charge in [0.05, 0.1) is 13.0 Å². The van der Waals surface area contributed by atoms with Crippen LogP contribution in [0.25, 0.3) is 16.2 Å². The lowest BCUT2D eigenvalue weighted by Gasteiger charge is -2.09. The van der Waals surface area contributed by atoms with Crippen molar-refractivity contribution in [2.24, 2.45) is 0 Å². The predicted molar refractivity (Wildman–Crippen MR) is 103 cm³/mol. The highest BCUT2D eigenvalue weighted by Crippen LogP contribution is 2.29. The van der Waals surface area contributed by atoms with Crippen LogP contribution in [0.4, 0.5) is 0 Å². The standard InChI is InChI=1S/C20H22N2O3S/c1-4-13(3)14-6-8-15(9-7-14)19-17(12-23)22-11-16(26-20(22)21-19)10-18(24)25-5-2/h6-9,11-13H,4-5,10H2,1-3H3. The molecule has 0 saturated carbocycles. The molecule has 26 heavy (non-hydrogen) atoms. The Morgan fingerprint density at radius 2 is 2.04 bits per heavy atom. The summed E-state index contributed by atoms with van der Waals surface area (Å²) in [5.41, 5.74) is 3.37. The first kappa shape index (κ1) is 18.3. The van der Waals surface area contributed by atoms with Crippen LogP contribution in [0.15, 0.2) is 30.5 Å². The Morgan fingerprint density at radius 1 is 1.31 bits per heavy atom. The van der Waals surface area contributed by atoms with E-state index in [2.05, 4.69) is 31.0 Å². The zero-order valence-corrected chi connectivity index (χ0v) is 16.0. The first-order valence-corrected chi connectivity index (χ1v) is 9.60. The average molecular weight is 370 g/mol. The second-order valence-corrected chi connectivity index (χ2v) is 7.32. The van der Waals surface area contributed by atoms with Gasteiger partial charge < -0.3 is 4.74 Å². The van der Waals surface area contributed by atoms with Crippen molar-refractivity contribution in [3.8, 4) is 11.3 Å². The SMILES string of the molecule is CCOC(=O)Cc1cn2c(C=O)c(-c3ccc(C(C)CC)cc3)nc2s1. The number of carbonyl (C=O) groups excluding carboxylic acids is 2. The number of fused-ring (bicyclic) bond motifs is 1. The number of thiazole rings is 1. The molecule has 0 spiro atoms. The van der Waals surface area contributed by atoms with Crippen molar-refractivity contribution in [2.45, 2.75) is 39.5 Å². The summed E-state index contributed by atoms with van der Waals surface area (Å²) in [6, 6.07) is 8.22. The molecule has 0 radical (unpaired) electrons. The minimum Gasteiger partial charge on any atom is -0.466 e. The molecule has 5 nitrogen and oxygen atoms in total. The van der Waals surface area contributed by atoms with E-state index in [4.69, 9.17) is 4.74 Å². The Morgan fingerprint density at radius 3 is 2.65 bits per heavy atom. The van der Waals surface area contributed by atoms with Crippen LogP contribution in [0.5, 0.6) is 0 Å². The van der Waals surface area contributed by atoms with Gasteiger partial charge in [0.1, 0.15) is 11.4 Å². The van der Waals surface area contributed by atoms with E-state index in [1.807, 2.05) is 12.1 Å². The largest absolute Gasteiger partial charge is 0.466 e. The zero-order chi connectivity index (χ0) is 18.7. The average Bonchev–Trinajstić information content (AvgIpc) is 3.18. The third-order valence-electron chi connectivity index (χ3n) is 4.51. The van der Waals surface area contributed by atoms with Crippen LogP contribution in [0.2, 0.25) is 0 Å². The Bertz CT molecular complexity index is 925. The number of aromatic nitrogens is 2. The summed E-state index contributed by atoms with van der Waals surface area (Å²) >= 11 is 1.40. The summed E-state index contributed by atoms with van der Waals surface area (Å²) in [4.78, 5) is 29.5. The highest BCUT2D eigenvalue weighted by Gasteiger charge is 2.17. The number of hydrogen-bond donors (Lipinski definition) is 0. The van der Waals surface area contributed by atoms with E-state index in [1.54, 1.807) is 17.5 Å². The van der Waals surface area contributed by atoms with Crippen LogP contribution in [-0.2, 0) is 16.0 Å². The fourth-order valence-corrected chi connectivity index (χ4v) is 3.84. The monoisotopic (exact) mass is 370 g/mol. The lowest BCUT2D eigenvalue weighted by molar-refractivity contribution is -0.142. The van der Waals surface area contributed by atoms with Gasteiger partial charge >= 0.3 is 5.97 Å². The molecule has 0 amide bonds. The third-order valence-corrected chi connectivity index (χ3v) is 5.49. The van der Waals surface area contributed by atoms with Gasteiger partial charge in [0.25, 0.3) is 0 Å². The minimum atomic E-state index is -0.273. The normalized spacial score (nSPS) is 12.3. The molecule has 2 heterocycles. The molecule has 1 aromatic carbocycles. The van der Waals surface area contributed by atoms with E-state index < -0.39 is 0 Å². The number of esters is 1. The van der Waals surface area contributed by atoms with Gasteiger partial charge in [0, 0.05) is 16.6 Å². The van der Waals surface area contributed by atoms with Crippen molar-refractivity contribution in [2.75, 3.05) is 6.61 Å². The molecular weight excluding hydrogens is 348 g/mol. The summed E-state index contributed by atoms with van der Waals surface area (Å²) in [7, 11) is 0. The molecule has 0 saturated heterocycles. The number of aldehydes is 1. The number of rotatable bonds is 7. The number of ether oxygens (including phenoxy) is 1. The fourth-order valence-electron chi connectivity index (χ4n) is 2.87. The van der Waals surface area contributed by atoms with Crippen LogP contribution < -0.4 is 0 Å². The maximum absolute atomic E-state index is 11.7. The summed E-state index contributed by atoms with van der Waals surface area (Å²) in [5.74, 6) is 0.232. The van der Waals surface area contributed by atoms with Crippen molar-refractivity contribution < 1.29 is 14.3 Å². The Balaban J connectivity index is 1.93. The molecule has 3 aromatic rings. The van der Waals surface area contributed by atoms with Crippen molar-refractivity contribution in [1.29, 1.82) is 0 Å². The van der Waals surface area contributed by atoms with Gasteiger partial charge in [-0.2, -0.15) is 0 Å². The molecule has 0 bridgehead atoms. The Hall–Kier alpha value is -2.47. The predicted octanol–water partition coefficient (Wildman–Crippen LogP) is 4.49. The van der Waals surface area contributed by atoms with Gasteiger partial charge in [-0.3, -0.25) is 14.0 Å². The second kappa shape index (κ2) is 7.83. The molecule has 136 valence electrons. The van der Waals surface area contributed by atoms with E-state index in [0.717, 1.165) is 23.1 Å². The molecule has 1 atom stereocenters. The number of nitrogens with zero attached hydrogens (tertiary/aromatic N) is 2. The van der Waals surface area contributed by atoms with E-state index >= 15 is 0 Å². The first-order chi connectivity index (χ1) is 12.6. The van der Waals surface area contributed by atoms with Crippen LogP contribution in [0, 0.1) is 0 Å². The molecular formula is C20H22N2O3S. The highest BCUT2D eigenvalue weighted by atomic mass is 32.1. The van der Waals surface area contributed by atoms with E-state index in [9.17, 15) is 9.59 Å². The Labute approximate surface area is 156 Å². The topological polar surface area (TPSA) is 60.7 Å². The lowest BCUT2D eigenvalue weighted by Crippen LogP contribution is -2.06. The number of imidazole rings is 1. The van der Waals surface area contributed by atoms with Crippen molar-refractivity contribution in [3.63, 3.8) is 0 Å². The van der Waals surface area contributed by atoms with Gasteiger partial charge in [0.2, 0.25) is 0 Å². The molecule has 1 unspecified atom stereocenters. The highest BCUT2D eigenvalue weighted by molar-refractivity contribution is 7.17. The van der Waals surface area contributed by atoms with Crippen molar-refractivity contribution in [1.82, 2.24) is 9.38 Å². The maximum atomic E-state index is 11.7. The van der Waals surface area contributed by atoms with E-state index in [-0.39, 0.29) is 12.4 Å². The van der Waals surface area contributed by atoms with Crippen molar-refractivity contribution >= 4 is 28.6 Å². The Kier molecular flexibility index (Phi) is 5.52. The third kappa shape index (κ3) is 3.55. The van der Waals surface area contributed by atoms with Crippen molar-refractivity contribution in [3.05, 3.63) is 46.6 Å². The van der Waals surface area contributed by atoms with Gasteiger partial charge in [0.15, 0.2) is 11.2 Å². The van der Waals surface area contributed by atoms with Gasteiger partial charge in [-0.15, -0.1) is 11.3 Å². The number of hydrogen-bond acceptors (Lipinski definition) is 5. The second-order valence-electron chi connectivity index (χ2n) is 6.23. The maximum Gasteiger partial charge on any atom is 0.311 e. The molecule has 0 aliphatic heterocycles. The van der Waals surface area contributed by atoms with Gasteiger partial charge in [-0.05, 0) is 24.8 Å². The smallest absolute Gasteiger partial charge is 0.311 e. The summed E-state index contributed by atoms with van der Waals surface area (Å²) in [6.45, 7) is 6.50. The fraction of sp³-hybridized carbons (Fsp3) is 0.350. The lowest BCUT2D eigenvalue weighted by atomic mass is 9.97. The summed E-state index contributed by atoms with van der Waals surface area (Å²) < 4.78 is 6.73. The quantitative estimate of drug-likeness (QED) is 0.454. The molecule has 3 rings (SSSR count). The molecule has 2 aromatic heterocycles. The molecule has 0 N–H and O–H groups in total. The van der Waals surface area contributed by atoms with Crippen LogP contribution in [0.3, 0.4) is 0 Å². The van der Waals surface area contributed by atoms with Crippen LogP contribution >= 0.6 is 11.3 Å². The van der Waals surface area contributed by atoms with Gasteiger partial charge in [-0.25, -0.2) is 4.98 Å². The number of carbonyl (C=O) groups is 2. The van der Waals surface area contributed by atoms with Crippen LogP contribution in [0.1, 0.15) is 54.0 Å². The molecule has 0 fully saturated rings. The molecule has 6 heteroatoms. The number of benzene rings is 1. The molecule has 0 aliphatic rings. The summed E-state index contributed by atoms with van der Waals surface area (Å²) in [6.07, 6.45) is 3.89. The van der Waals surface area contributed by atoms with Crippen LogP contribution in [-0.4, -0.2) is 28.2 Å².